The Morgan fingerprint density at radius 3 is 1.11 bits per heavy atom. The fraction of sp³-hybridized carbons (Fsp3) is 0.786. The SMILES string of the molecule is CC(=O)NC1[C@H](OCCCCC(=O)NCCCNC(=O)CCOCC(COCCC(=O)CCCCCC(=O)CCCCO[C@@H]2OC(COC(C)=O)[C@H](C)[C@H](C)C2C)(COCCC(=O)CCCCCC(=O)CCCCO[C@@H]2OC(COC(C)=O)[C@H](C)[C@H](C)C2NC(C)=O)NC(=O)OCc2ccccc2)OC(COC(C)=O)C(C)[C@@H]1C. The molecule has 0 aliphatic carbocycles. The Morgan fingerprint density at radius 2 is 0.711 bits per heavy atom. The Bertz CT molecular complexity index is 2930. The van der Waals surface area contributed by atoms with Gasteiger partial charge in [-0.3, -0.25) is 52.7 Å². The number of rotatable bonds is 60. The number of Topliss-reactive ketones (excluding diaryl/α,β-unsaturated/α-hetero) is 4. The summed E-state index contributed by atoms with van der Waals surface area (Å²) in [5.74, 6) is -1.47. The normalized spacial score (nSPS) is 23.9. The minimum absolute atomic E-state index is 0.0144. The number of esters is 3. The average molecular weight is 1620 g/mol. The number of unbranched alkanes of at least 4 members (excludes halogenated alkanes) is 7. The van der Waals surface area contributed by atoms with E-state index in [-0.39, 0.29) is 212 Å². The highest BCUT2D eigenvalue weighted by Crippen LogP contribution is 2.37. The van der Waals surface area contributed by atoms with Gasteiger partial charge in [-0.1, -0.05) is 91.6 Å². The van der Waals surface area contributed by atoms with Gasteiger partial charge in [-0.2, -0.15) is 0 Å². The molecule has 0 spiro atoms. The van der Waals surface area contributed by atoms with Crippen molar-refractivity contribution in [1.29, 1.82) is 0 Å². The monoisotopic (exact) mass is 1620 g/mol. The Hall–Kier alpha value is -6.90. The summed E-state index contributed by atoms with van der Waals surface area (Å²) in [6, 6.07) is 8.24. The molecule has 3 aliphatic heterocycles. The van der Waals surface area contributed by atoms with Crippen molar-refractivity contribution in [1.82, 2.24) is 26.6 Å². The number of hydrogen-bond donors (Lipinski definition) is 5. The van der Waals surface area contributed by atoms with E-state index < -0.39 is 66.7 Å². The predicted molar refractivity (Wildman–Crippen MR) is 420 cm³/mol. The Morgan fingerprint density at radius 1 is 0.360 bits per heavy atom. The molecule has 5 amide bonds. The smallest absolute Gasteiger partial charge is 0.408 e. The van der Waals surface area contributed by atoms with E-state index in [2.05, 4.69) is 47.4 Å². The van der Waals surface area contributed by atoms with Crippen LogP contribution in [0.3, 0.4) is 0 Å². The van der Waals surface area contributed by atoms with Gasteiger partial charge in [0, 0.05) is 138 Å². The van der Waals surface area contributed by atoms with Crippen LogP contribution >= 0.6 is 0 Å². The summed E-state index contributed by atoms with van der Waals surface area (Å²) in [5.41, 5.74) is -0.713. The van der Waals surface area contributed by atoms with Crippen LogP contribution in [0.5, 0.6) is 0 Å². The largest absolute Gasteiger partial charge is 0.463 e. The van der Waals surface area contributed by atoms with Gasteiger partial charge in [-0.15, -0.1) is 0 Å². The summed E-state index contributed by atoms with van der Waals surface area (Å²) in [5, 5.41) is 14.5. The minimum Gasteiger partial charge on any atom is -0.463 e. The Kier molecular flexibility index (Phi) is 49.2. The molecule has 30 heteroatoms. The van der Waals surface area contributed by atoms with Crippen LogP contribution in [-0.4, -0.2) is 218 Å². The molecule has 114 heavy (non-hydrogen) atoms. The summed E-state index contributed by atoms with van der Waals surface area (Å²) in [6.07, 6.45) is 6.34. The molecular weight excluding hydrogens is 1480 g/mol. The lowest BCUT2D eigenvalue weighted by molar-refractivity contribution is -0.255. The number of nitrogens with one attached hydrogen (secondary N) is 5. The second kappa shape index (κ2) is 56.4. The van der Waals surface area contributed by atoms with E-state index in [1.165, 1.54) is 34.6 Å². The summed E-state index contributed by atoms with van der Waals surface area (Å²) in [4.78, 5) is 150. The molecule has 1 aromatic rings. The standard InChI is InChI=1S/C84H137N5O25/c1-56-57(2)73(50-108-65(10)92)112-80(62(56)7)105-43-25-22-35-69(95)31-18-14-20-33-71(97)38-46-102-53-84(89-83(101)111-49-68-29-16-13-17-30-68,54-103-47-39-72(98)34-21-15-19-32-70(96)36-23-26-44-106-81-78(87-63(8)90)60(5)58(3)74(113-81)51-109-66(11)93)55-104-48-40-77(100)86-42-28-41-85-76(99)37-24-27-45-107-82-79(88-64(9)91)61(6)59(4)75(114-82)52-110-67(12)94/h13,16-17,29-30,56-62,73-75,78-82H,14-15,18-28,31-55H2,1-12H3,(H,85,99)(H,86,100)(H,87,90)(H,88,91)(H,89,101)/t56-,57+,58+,59?,60-,61-,62?,73?,74?,75?,78?,79?,80+,81+,82+,84?/m0/s1. The molecule has 1 aromatic carbocycles. The fourth-order valence-corrected chi connectivity index (χ4v) is 13.8. The van der Waals surface area contributed by atoms with E-state index in [0.29, 0.717) is 135 Å². The van der Waals surface area contributed by atoms with Crippen LogP contribution in [0, 0.1) is 41.4 Å². The highest BCUT2D eigenvalue weighted by molar-refractivity contribution is 5.80. The van der Waals surface area contributed by atoms with E-state index in [1.807, 2.05) is 45.9 Å². The molecule has 30 nitrogen and oxygen atoms in total. The zero-order valence-corrected chi connectivity index (χ0v) is 70.1. The summed E-state index contributed by atoms with van der Waals surface area (Å²) >= 11 is 0. The topological polar surface area (TPSA) is 385 Å². The van der Waals surface area contributed by atoms with Crippen molar-refractivity contribution >= 4 is 70.8 Å². The molecule has 5 N–H and O–H groups in total. The van der Waals surface area contributed by atoms with Crippen LogP contribution in [0.2, 0.25) is 0 Å². The van der Waals surface area contributed by atoms with E-state index >= 15 is 0 Å². The molecule has 16 atom stereocenters. The maximum absolute atomic E-state index is 13.7. The summed E-state index contributed by atoms with van der Waals surface area (Å²) in [7, 11) is 0. The van der Waals surface area contributed by atoms with Crippen LogP contribution in [0.4, 0.5) is 4.79 Å². The van der Waals surface area contributed by atoms with Gasteiger partial charge < -0.3 is 88.2 Å². The average Bonchev–Trinajstić information content (AvgIpc) is 0.815. The predicted octanol–water partition coefficient (Wildman–Crippen LogP) is 9.56. The molecule has 0 radical (unpaired) electrons. The molecule has 0 saturated carbocycles. The highest BCUT2D eigenvalue weighted by atomic mass is 16.7. The van der Waals surface area contributed by atoms with Gasteiger partial charge in [0.05, 0.1) is 70.0 Å². The van der Waals surface area contributed by atoms with Crippen LogP contribution in [0.25, 0.3) is 0 Å². The third kappa shape index (κ3) is 41.3. The number of amides is 5. The van der Waals surface area contributed by atoms with Gasteiger partial charge >= 0.3 is 24.0 Å². The van der Waals surface area contributed by atoms with E-state index in [0.717, 1.165) is 5.56 Å². The van der Waals surface area contributed by atoms with Crippen molar-refractivity contribution < 1.29 is 119 Å². The van der Waals surface area contributed by atoms with Gasteiger partial charge in [0.25, 0.3) is 0 Å². The molecule has 0 aromatic heterocycles. The van der Waals surface area contributed by atoms with Gasteiger partial charge in [0.2, 0.25) is 23.6 Å². The van der Waals surface area contributed by atoms with Crippen LogP contribution < -0.4 is 26.6 Å². The summed E-state index contributed by atoms with van der Waals surface area (Å²) < 4.78 is 76.5. The molecule has 3 fully saturated rings. The Labute approximate surface area is 675 Å². The fourth-order valence-electron chi connectivity index (χ4n) is 13.8. The zero-order valence-electron chi connectivity index (χ0n) is 70.1. The number of ether oxygens (including phenoxy) is 13. The molecule has 8 unspecified atom stereocenters. The number of carbonyl (C=O) groups is 12. The van der Waals surface area contributed by atoms with Crippen LogP contribution in [0.15, 0.2) is 30.3 Å². The van der Waals surface area contributed by atoms with Gasteiger partial charge in [0.15, 0.2) is 18.9 Å². The first-order chi connectivity index (χ1) is 54.5. The Balaban J connectivity index is 1.25. The third-order valence-corrected chi connectivity index (χ3v) is 21.6. The molecule has 648 valence electrons. The second-order valence-electron chi connectivity index (χ2n) is 31.2. The van der Waals surface area contributed by atoms with Crippen molar-refractivity contribution in [3.8, 4) is 0 Å². The van der Waals surface area contributed by atoms with E-state index in [4.69, 9.17) is 61.6 Å². The maximum Gasteiger partial charge on any atom is 0.408 e. The number of carbonyl (C=O) groups excluding carboxylic acids is 12. The number of ketones is 4. The second-order valence-corrected chi connectivity index (χ2v) is 31.2. The first-order valence-corrected chi connectivity index (χ1v) is 41.6. The third-order valence-electron chi connectivity index (χ3n) is 21.6. The van der Waals surface area contributed by atoms with Crippen molar-refractivity contribution in [3.63, 3.8) is 0 Å². The zero-order chi connectivity index (χ0) is 83.8. The van der Waals surface area contributed by atoms with Gasteiger partial charge in [-0.25, -0.2) is 4.79 Å². The number of alkyl carbamates (subject to hydrolysis) is 1. The van der Waals surface area contributed by atoms with E-state index in [1.54, 1.807) is 12.1 Å². The lowest BCUT2D eigenvalue weighted by atomic mass is 9.79. The van der Waals surface area contributed by atoms with Crippen molar-refractivity contribution in [2.75, 3.05) is 92.4 Å². The minimum atomic E-state index is -1.44. The molecule has 4 rings (SSSR count). The highest BCUT2D eigenvalue weighted by Gasteiger charge is 2.45. The first-order valence-electron chi connectivity index (χ1n) is 41.6. The van der Waals surface area contributed by atoms with Crippen molar-refractivity contribution in [3.05, 3.63) is 35.9 Å². The van der Waals surface area contributed by atoms with Crippen molar-refractivity contribution in [2.24, 2.45) is 41.4 Å². The number of hydrogen-bond acceptors (Lipinski definition) is 25. The number of benzene rings is 1. The van der Waals surface area contributed by atoms with Crippen LogP contribution in [0.1, 0.15) is 236 Å². The molecule has 3 aliphatic rings. The van der Waals surface area contributed by atoms with Crippen molar-refractivity contribution in [2.45, 2.75) is 292 Å². The molecule has 0 bridgehead atoms. The summed E-state index contributed by atoms with van der Waals surface area (Å²) in [6.45, 7) is 22.2. The van der Waals surface area contributed by atoms with Gasteiger partial charge in [-0.05, 0) is 112 Å². The van der Waals surface area contributed by atoms with E-state index in [9.17, 15) is 57.5 Å². The lowest BCUT2D eigenvalue weighted by Gasteiger charge is -2.44. The van der Waals surface area contributed by atoms with Gasteiger partial charge in [0.1, 0.15) is 55.1 Å². The lowest BCUT2D eigenvalue weighted by Crippen LogP contribution is -2.58. The van der Waals surface area contributed by atoms with Crippen LogP contribution in [-0.2, 0) is 121 Å². The molecular formula is C84H137N5O25. The molecule has 3 saturated heterocycles. The molecule has 3 heterocycles. The first kappa shape index (κ1) is 99.5. The quantitative estimate of drug-likeness (QED) is 0.0230. The maximum atomic E-state index is 13.7.